The minimum absolute atomic E-state index is 0.223. The largest absolute Gasteiger partial charge is 0.298 e. The Morgan fingerprint density at radius 1 is 1.40 bits per heavy atom. The lowest BCUT2D eigenvalue weighted by Crippen LogP contribution is -2.09. The van der Waals surface area contributed by atoms with E-state index in [1.807, 2.05) is 37.4 Å². The maximum Gasteiger partial charge on any atom is 0.149 e. The monoisotopic (exact) mass is 352 g/mol. The molecule has 0 amide bonds. The number of rotatable bonds is 6. The van der Waals surface area contributed by atoms with Gasteiger partial charge in [-0.1, -0.05) is 28.9 Å². The summed E-state index contributed by atoms with van der Waals surface area (Å²) in [5.74, 6) is 0.712. The molecule has 0 aliphatic rings. The number of hydrogen-bond donors (Lipinski definition) is 0. The molecule has 5 heteroatoms. The second-order valence-corrected chi connectivity index (χ2v) is 6.53. The molecule has 0 unspecified atom stereocenters. The van der Waals surface area contributed by atoms with Crippen LogP contribution in [0, 0.1) is 0 Å². The Labute approximate surface area is 131 Å². The average molecular weight is 353 g/mol. The third-order valence-corrected chi connectivity index (χ3v) is 4.51. The number of Topliss-reactive ketones (excluding diaryl/α,β-unsaturated/α-hetero) is 1. The van der Waals surface area contributed by atoms with Crippen LogP contribution < -0.4 is 0 Å². The number of aromatic nitrogens is 2. The molecule has 0 aliphatic heterocycles. The van der Waals surface area contributed by atoms with Gasteiger partial charge in [-0.15, -0.1) is 11.8 Å². The maximum atomic E-state index is 12.0. The lowest BCUT2D eigenvalue weighted by molar-refractivity contribution is -0.116. The number of aryl methyl sites for hydroxylation is 2. The Hall–Kier alpha value is -1.07. The number of nitrogens with zero attached hydrogens (tertiary/aromatic N) is 2. The standard InChI is InChI=1S/C15H17BrN2OS/c1-3-12-8-13(18(2)17-12)9-14(19)10-20-15-6-4-5-11(16)7-15/h4-8H,3,9-10H2,1-2H3. The number of halogens is 1. The molecule has 0 spiro atoms. The van der Waals surface area contributed by atoms with Crippen LogP contribution in [0.15, 0.2) is 39.7 Å². The van der Waals surface area contributed by atoms with Crippen molar-refractivity contribution in [2.24, 2.45) is 7.05 Å². The predicted octanol–water partition coefficient (Wildman–Crippen LogP) is 3.65. The van der Waals surface area contributed by atoms with Crippen LogP contribution in [-0.2, 0) is 24.7 Å². The van der Waals surface area contributed by atoms with Crippen LogP contribution in [0.3, 0.4) is 0 Å². The molecule has 1 aromatic carbocycles. The van der Waals surface area contributed by atoms with E-state index in [1.165, 1.54) is 0 Å². The van der Waals surface area contributed by atoms with Crippen LogP contribution in [0.2, 0.25) is 0 Å². The van der Waals surface area contributed by atoms with Gasteiger partial charge in [0.2, 0.25) is 0 Å². The fraction of sp³-hybridized carbons (Fsp3) is 0.333. The Morgan fingerprint density at radius 3 is 2.85 bits per heavy atom. The zero-order valence-electron chi connectivity index (χ0n) is 11.6. The van der Waals surface area contributed by atoms with Gasteiger partial charge in [0.25, 0.3) is 0 Å². The van der Waals surface area contributed by atoms with Crippen molar-refractivity contribution in [1.29, 1.82) is 0 Å². The quantitative estimate of drug-likeness (QED) is 0.744. The van der Waals surface area contributed by atoms with Crippen molar-refractivity contribution in [1.82, 2.24) is 9.78 Å². The summed E-state index contributed by atoms with van der Waals surface area (Å²) in [5.41, 5.74) is 2.02. The number of hydrogen-bond acceptors (Lipinski definition) is 3. The highest BCUT2D eigenvalue weighted by Crippen LogP contribution is 2.22. The minimum Gasteiger partial charge on any atom is -0.298 e. The highest BCUT2D eigenvalue weighted by Gasteiger charge is 2.10. The topological polar surface area (TPSA) is 34.9 Å². The summed E-state index contributed by atoms with van der Waals surface area (Å²) in [6.45, 7) is 2.07. The molecular formula is C15H17BrN2OS. The first kappa shape index (κ1) is 15.3. The van der Waals surface area contributed by atoms with Gasteiger partial charge in [0.05, 0.1) is 11.4 Å². The smallest absolute Gasteiger partial charge is 0.149 e. The van der Waals surface area contributed by atoms with Crippen molar-refractivity contribution >= 4 is 33.5 Å². The Morgan fingerprint density at radius 2 is 2.20 bits per heavy atom. The van der Waals surface area contributed by atoms with Crippen LogP contribution in [0.4, 0.5) is 0 Å². The number of carbonyl (C=O) groups excluding carboxylic acids is 1. The SMILES string of the molecule is CCc1cc(CC(=O)CSc2cccc(Br)c2)n(C)n1. The molecule has 0 saturated carbocycles. The molecule has 20 heavy (non-hydrogen) atoms. The Kier molecular flexibility index (Phi) is 5.43. The van der Waals surface area contributed by atoms with Crippen molar-refractivity contribution in [3.63, 3.8) is 0 Å². The van der Waals surface area contributed by atoms with Gasteiger partial charge in [-0.05, 0) is 30.7 Å². The van der Waals surface area contributed by atoms with Crippen molar-refractivity contribution in [2.75, 3.05) is 5.75 Å². The third kappa shape index (κ3) is 4.21. The fourth-order valence-corrected chi connectivity index (χ4v) is 3.25. The van der Waals surface area contributed by atoms with Gasteiger partial charge in [-0.3, -0.25) is 9.48 Å². The molecule has 1 aromatic heterocycles. The van der Waals surface area contributed by atoms with E-state index in [-0.39, 0.29) is 5.78 Å². The van der Waals surface area contributed by atoms with E-state index in [0.717, 1.165) is 27.2 Å². The number of thioether (sulfide) groups is 1. The normalized spacial score (nSPS) is 10.8. The molecule has 106 valence electrons. The highest BCUT2D eigenvalue weighted by atomic mass is 79.9. The lowest BCUT2D eigenvalue weighted by atomic mass is 10.2. The van der Waals surface area contributed by atoms with Crippen molar-refractivity contribution in [2.45, 2.75) is 24.7 Å². The third-order valence-electron chi connectivity index (χ3n) is 2.96. The zero-order valence-corrected chi connectivity index (χ0v) is 14.0. The van der Waals surface area contributed by atoms with Crippen LogP contribution in [0.5, 0.6) is 0 Å². The Bertz CT molecular complexity index is 610. The fourth-order valence-electron chi connectivity index (χ4n) is 1.88. The van der Waals surface area contributed by atoms with E-state index >= 15 is 0 Å². The highest BCUT2D eigenvalue weighted by molar-refractivity contribution is 9.10. The molecule has 1 heterocycles. The molecule has 2 rings (SSSR count). The van der Waals surface area contributed by atoms with E-state index in [0.29, 0.717) is 12.2 Å². The van der Waals surface area contributed by atoms with Crippen molar-refractivity contribution in [3.8, 4) is 0 Å². The average Bonchev–Trinajstić information content (AvgIpc) is 2.77. The summed E-state index contributed by atoms with van der Waals surface area (Å²) < 4.78 is 2.84. The van der Waals surface area contributed by atoms with Gasteiger partial charge in [-0.25, -0.2) is 0 Å². The van der Waals surface area contributed by atoms with Gasteiger partial charge in [0.15, 0.2) is 0 Å². The summed E-state index contributed by atoms with van der Waals surface area (Å²) in [6.07, 6.45) is 1.35. The van der Waals surface area contributed by atoms with E-state index in [1.54, 1.807) is 16.4 Å². The zero-order chi connectivity index (χ0) is 14.5. The lowest BCUT2D eigenvalue weighted by Gasteiger charge is -2.03. The van der Waals surface area contributed by atoms with Crippen LogP contribution >= 0.6 is 27.7 Å². The molecule has 0 aliphatic carbocycles. The van der Waals surface area contributed by atoms with Crippen molar-refractivity contribution < 1.29 is 4.79 Å². The second-order valence-electron chi connectivity index (χ2n) is 4.57. The van der Waals surface area contributed by atoms with E-state index in [4.69, 9.17) is 0 Å². The molecule has 0 N–H and O–H groups in total. The second kappa shape index (κ2) is 7.09. The summed E-state index contributed by atoms with van der Waals surface area (Å²) in [6, 6.07) is 10.0. The summed E-state index contributed by atoms with van der Waals surface area (Å²) >= 11 is 5.00. The van der Waals surface area contributed by atoms with Gasteiger partial charge >= 0.3 is 0 Å². The minimum atomic E-state index is 0.223. The Balaban J connectivity index is 1.90. The maximum absolute atomic E-state index is 12.0. The molecule has 0 atom stereocenters. The predicted molar refractivity (Wildman–Crippen MR) is 86.2 cm³/mol. The van der Waals surface area contributed by atoms with E-state index < -0.39 is 0 Å². The van der Waals surface area contributed by atoms with E-state index in [9.17, 15) is 4.79 Å². The van der Waals surface area contributed by atoms with E-state index in [2.05, 4.69) is 28.0 Å². The first-order valence-corrected chi connectivity index (χ1v) is 8.28. The first-order valence-electron chi connectivity index (χ1n) is 6.50. The summed E-state index contributed by atoms with van der Waals surface area (Å²) in [4.78, 5) is 13.2. The molecule has 0 radical (unpaired) electrons. The molecule has 0 bridgehead atoms. The number of benzene rings is 1. The van der Waals surface area contributed by atoms with Crippen LogP contribution in [-0.4, -0.2) is 21.3 Å². The number of ketones is 1. The molecular weight excluding hydrogens is 336 g/mol. The van der Waals surface area contributed by atoms with Crippen LogP contribution in [0.1, 0.15) is 18.3 Å². The van der Waals surface area contributed by atoms with Gasteiger partial charge in [0, 0.05) is 28.5 Å². The first-order chi connectivity index (χ1) is 9.58. The molecule has 2 aromatic rings. The van der Waals surface area contributed by atoms with Gasteiger partial charge in [-0.2, -0.15) is 5.10 Å². The molecule has 0 saturated heterocycles. The van der Waals surface area contributed by atoms with Gasteiger partial charge in [0.1, 0.15) is 5.78 Å². The van der Waals surface area contributed by atoms with Crippen LogP contribution in [0.25, 0.3) is 0 Å². The van der Waals surface area contributed by atoms with Gasteiger partial charge < -0.3 is 0 Å². The summed E-state index contributed by atoms with van der Waals surface area (Å²) in [5, 5.41) is 4.36. The number of carbonyl (C=O) groups is 1. The van der Waals surface area contributed by atoms with Crippen molar-refractivity contribution in [3.05, 3.63) is 46.2 Å². The molecule has 3 nitrogen and oxygen atoms in total. The summed E-state index contributed by atoms with van der Waals surface area (Å²) in [7, 11) is 1.89. The molecule has 0 fully saturated rings.